The van der Waals surface area contributed by atoms with Gasteiger partial charge in [0.1, 0.15) is 0 Å². The molecule has 0 radical (unpaired) electrons. The molecule has 0 aromatic carbocycles. The van der Waals surface area contributed by atoms with Crippen molar-refractivity contribution in [3.63, 3.8) is 0 Å². The second kappa shape index (κ2) is 4.49. The SMILES string of the molecule is COCC1C=C[C@@H](COC)O1. The van der Waals surface area contributed by atoms with E-state index in [0.29, 0.717) is 13.2 Å². The number of hydrogen-bond donors (Lipinski definition) is 0. The van der Waals surface area contributed by atoms with E-state index < -0.39 is 0 Å². The highest BCUT2D eigenvalue weighted by Gasteiger charge is 2.17. The third-order valence-corrected chi connectivity index (χ3v) is 1.55. The summed E-state index contributed by atoms with van der Waals surface area (Å²) in [5, 5.41) is 0. The average Bonchev–Trinajstić information content (AvgIpc) is 2.38. The molecular weight excluding hydrogens is 144 g/mol. The third kappa shape index (κ3) is 2.61. The van der Waals surface area contributed by atoms with E-state index in [0.717, 1.165) is 0 Å². The van der Waals surface area contributed by atoms with E-state index in [1.165, 1.54) is 0 Å². The Morgan fingerprint density at radius 1 is 1.09 bits per heavy atom. The normalized spacial score (nSPS) is 29.6. The average molecular weight is 158 g/mol. The van der Waals surface area contributed by atoms with Crippen molar-refractivity contribution in [1.82, 2.24) is 0 Å². The van der Waals surface area contributed by atoms with Crippen molar-refractivity contribution in [2.45, 2.75) is 12.2 Å². The van der Waals surface area contributed by atoms with Gasteiger partial charge in [-0.15, -0.1) is 0 Å². The van der Waals surface area contributed by atoms with Gasteiger partial charge in [0.15, 0.2) is 0 Å². The van der Waals surface area contributed by atoms with Gasteiger partial charge in [-0.1, -0.05) is 12.2 Å². The molecule has 1 unspecified atom stereocenters. The zero-order valence-corrected chi connectivity index (χ0v) is 6.95. The first-order chi connectivity index (χ1) is 5.36. The molecule has 0 saturated heterocycles. The van der Waals surface area contributed by atoms with Crippen LogP contribution in [-0.4, -0.2) is 39.6 Å². The first-order valence-electron chi connectivity index (χ1n) is 3.68. The van der Waals surface area contributed by atoms with Gasteiger partial charge in [-0.2, -0.15) is 0 Å². The zero-order chi connectivity index (χ0) is 8.10. The summed E-state index contributed by atoms with van der Waals surface area (Å²) in [6.45, 7) is 1.24. The van der Waals surface area contributed by atoms with Crippen molar-refractivity contribution in [3.8, 4) is 0 Å². The van der Waals surface area contributed by atoms with Crippen LogP contribution in [0.15, 0.2) is 12.2 Å². The fourth-order valence-electron chi connectivity index (χ4n) is 1.08. The highest BCUT2D eigenvalue weighted by molar-refractivity contribution is 5.02. The Morgan fingerprint density at radius 2 is 1.55 bits per heavy atom. The Labute approximate surface area is 66.9 Å². The van der Waals surface area contributed by atoms with Crippen molar-refractivity contribution in [2.75, 3.05) is 27.4 Å². The third-order valence-electron chi connectivity index (χ3n) is 1.55. The molecule has 0 bridgehead atoms. The summed E-state index contributed by atoms with van der Waals surface area (Å²) in [6, 6.07) is 0. The molecule has 0 amide bonds. The van der Waals surface area contributed by atoms with Gasteiger partial charge in [-0.05, 0) is 0 Å². The fraction of sp³-hybridized carbons (Fsp3) is 0.750. The predicted octanol–water partition coefficient (Wildman–Crippen LogP) is 0.603. The van der Waals surface area contributed by atoms with Gasteiger partial charge in [0, 0.05) is 14.2 Å². The lowest BCUT2D eigenvalue weighted by Crippen LogP contribution is -2.20. The highest BCUT2D eigenvalue weighted by Crippen LogP contribution is 2.11. The van der Waals surface area contributed by atoms with E-state index in [4.69, 9.17) is 14.2 Å². The lowest BCUT2D eigenvalue weighted by Gasteiger charge is -2.11. The quantitative estimate of drug-likeness (QED) is 0.561. The molecule has 64 valence electrons. The van der Waals surface area contributed by atoms with Gasteiger partial charge in [-0.3, -0.25) is 0 Å². The summed E-state index contributed by atoms with van der Waals surface area (Å²) >= 11 is 0. The topological polar surface area (TPSA) is 27.7 Å². The molecule has 1 rings (SSSR count). The Kier molecular flexibility index (Phi) is 3.56. The van der Waals surface area contributed by atoms with Crippen LogP contribution in [0.25, 0.3) is 0 Å². The van der Waals surface area contributed by atoms with Gasteiger partial charge in [-0.25, -0.2) is 0 Å². The minimum atomic E-state index is 0.111. The monoisotopic (exact) mass is 158 g/mol. The summed E-state index contributed by atoms with van der Waals surface area (Å²) in [5.41, 5.74) is 0. The van der Waals surface area contributed by atoms with Gasteiger partial charge < -0.3 is 14.2 Å². The van der Waals surface area contributed by atoms with Crippen molar-refractivity contribution in [2.24, 2.45) is 0 Å². The van der Waals surface area contributed by atoms with Gasteiger partial charge in [0.05, 0.1) is 25.4 Å². The van der Waals surface area contributed by atoms with Crippen LogP contribution in [0.5, 0.6) is 0 Å². The second-order valence-electron chi connectivity index (χ2n) is 2.51. The maximum absolute atomic E-state index is 5.48. The van der Waals surface area contributed by atoms with Crippen molar-refractivity contribution in [1.29, 1.82) is 0 Å². The van der Waals surface area contributed by atoms with Crippen LogP contribution in [0.1, 0.15) is 0 Å². The Balaban J connectivity index is 2.19. The van der Waals surface area contributed by atoms with Crippen LogP contribution in [0, 0.1) is 0 Å². The summed E-state index contributed by atoms with van der Waals surface area (Å²) in [5.74, 6) is 0. The smallest absolute Gasteiger partial charge is 0.0999 e. The summed E-state index contributed by atoms with van der Waals surface area (Å²) in [7, 11) is 3.34. The molecule has 0 aromatic heterocycles. The lowest BCUT2D eigenvalue weighted by molar-refractivity contribution is -0.0178. The van der Waals surface area contributed by atoms with E-state index >= 15 is 0 Å². The van der Waals surface area contributed by atoms with Crippen LogP contribution in [0.3, 0.4) is 0 Å². The molecular formula is C8H14O3. The minimum Gasteiger partial charge on any atom is -0.382 e. The first kappa shape index (κ1) is 8.71. The summed E-state index contributed by atoms with van der Waals surface area (Å²) < 4.78 is 15.4. The van der Waals surface area contributed by atoms with Crippen molar-refractivity contribution >= 4 is 0 Å². The highest BCUT2D eigenvalue weighted by atomic mass is 16.6. The predicted molar refractivity (Wildman–Crippen MR) is 41.6 cm³/mol. The first-order valence-corrected chi connectivity index (χ1v) is 3.68. The molecule has 0 spiro atoms. The molecule has 2 atom stereocenters. The molecule has 0 aliphatic carbocycles. The minimum absolute atomic E-state index is 0.111. The molecule has 0 N–H and O–H groups in total. The second-order valence-corrected chi connectivity index (χ2v) is 2.51. The van der Waals surface area contributed by atoms with Gasteiger partial charge >= 0.3 is 0 Å². The van der Waals surface area contributed by atoms with E-state index in [1.807, 2.05) is 12.2 Å². The maximum Gasteiger partial charge on any atom is 0.0999 e. The Bertz CT molecular complexity index is 119. The molecule has 1 heterocycles. The van der Waals surface area contributed by atoms with Gasteiger partial charge in [0.2, 0.25) is 0 Å². The molecule has 0 fully saturated rings. The number of ether oxygens (including phenoxy) is 3. The lowest BCUT2D eigenvalue weighted by atomic mass is 10.3. The number of rotatable bonds is 4. The van der Waals surface area contributed by atoms with E-state index in [2.05, 4.69) is 0 Å². The van der Waals surface area contributed by atoms with Crippen molar-refractivity contribution in [3.05, 3.63) is 12.2 Å². The molecule has 3 heteroatoms. The molecule has 0 saturated carbocycles. The van der Waals surface area contributed by atoms with Crippen LogP contribution in [-0.2, 0) is 14.2 Å². The van der Waals surface area contributed by atoms with E-state index in [9.17, 15) is 0 Å². The fourth-order valence-corrected chi connectivity index (χ4v) is 1.08. The van der Waals surface area contributed by atoms with Gasteiger partial charge in [0.25, 0.3) is 0 Å². The summed E-state index contributed by atoms with van der Waals surface area (Å²) in [4.78, 5) is 0. The Hall–Kier alpha value is -0.380. The maximum atomic E-state index is 5.48. The molecule has 11 heavy (non-hydrogen) atoms. The summed E-state index contributed by atoms with van der Waals surface area (Å²) in [6.07, 6.45) is 4.24. The number of hydrogen-bond acceptors (Lipinski definition) is 3. The number of methoxy groups -OCH3 is 2. The zero-order valence-electron chi connectivity index (χ0n) is 6.95. The van der Waals surface area contributed by atoms with Crippen molar-refractivity contribution < 1.29 is 14.2 Å². The van der Waals surface area contributed by atoms with Crippen LogP contribution in [0.4, 0.5) is 0 Å². The molecule has 0 aromatic rings. The standard InChI is InChI=1S/C8H14O3/c1-9-5-7-3-4-8(11-7)6-10-2/h3-4,7-8H,5-6H2,1-2H3/t7-,8?/m0/s1. The molecule has 1 aliphatic heterocycles. The van der Waals surface area contributed by atoms with Crippen LogP contribution in [0.2, 0.25) is 0 Å². The van der Waals surface area contributed by atoms with E-state index in [1.54, 1.807) is 14.2 Å². The molecule has 3 nitrogen and oxygen atoms in total. The van der Waals surface area contributed by atoms with E-state index in [-0.39, 0.29) is 12.2 Å². The van der Waals surface area contributed by atoms with Crippen LogP contribution < -0.4 is 0 Å². The Morgan fingerprint density at radius 3 is 1.91 bits per heavy atom. The van der Waals surface area contributed by atoms with Crippen LogP contribution >= 0.6 is 0 Å². The largest absolute Gasteiger partial charge is 0.382 e. The molecule has 1 aliphatic rings.